The van der Waals surface area contributed by atoms with Gasteiger partial charge >= 0.3 is 0 Å². The summed E-state index contributed by atoms with van der Waals surface area (Å²) in [5, 5.41) is 3.27. The van der Waals surface area contributed by atoms with Gasteiger partial charge in [0.2, 0.25) is 0 Å². The molecule has 1 saturated heterocycles. The quantitative estimate of drug-likeness (QED) is 0.905. The Kier molecular flexibility index (Phi) is 5.62. The van der Waals surface area contributed by atoms with Gasteiger partial charge in [0.25, 0.3) is 5.91 Å². The highest BCUT2D eigenvalue weighted by Gasteiger charge is 2.28. The van der Waals surface area contributed by atoms with Crippen molar-refractivity contribution >= 4 is 5.91 Å². The van der Waals surface area contributed by atoms with Crippen LogP contribution in [0.5, 0.6) is 5.75 Å². The van der Waals surface area contributed by atoms with E-state index in [1.807, 2.05) is 50.1 Å². The first-order valence-corrected chi connectivity index (χ1v) is 7.83. The van der Waals surface area contributed by atoms with Crippen molar-refractivity contribution in [2.45, 2.75) is 45.3 Å². The van der Waals surface area contributed by atoms with Crippen LogP contribution in [0.3, 0.4) is 0 Å². The number of carbonyl (C=O) groups is 1. The molecule has 0 radical (unpaired) electrons. The second-order valence-corrected chi connectivity index (χ2v) is 5.74. The van der Waals surface area contributed by atoms with Gasteiger partial charge in [0.05, 0.1) is 0 Å². The van der Waals surface area contributed by atoms with Gasteiger partial charge in [0.1, 0.15) is 5.75 Å². The number of nitrogens with zero attached hydrogens (tertiary/aromatic N) is 1. The van der Waals surface area contributed by atoms with Gasteiger partial charge in [-0.15, -0.1) is 0 Å². The average Bonchev–Trinajstić information content (AvgIpc) is 2.52. The third kappa shape index (κ3) is 4.21. The standard InChI is InChI=1S/C17H26N2O2/c1-4-16(21-15-9-5-7-13(2)11-15)17(20)19-10-6-8-14(12-19)18-3/h5,7,9,11,14,16,18H,4,6,8,10,12H2,1-3H3. The number of hydrogen-bond donors (Lipinski definition) is 1. The summed E-state index contributed by atoms with van der Waals surface area (Å²) >= 11 is 0. The molecule has 0 aromatic heterocycles. The van der Waals surface area contributed by atoms with Crippen LogP contribution in [0.25, 0.3) is 0 Å². The van der Waals surface area contributed by atoms with E-state index in [0.29, 0.717) is 12.5 Å². The zero-order valence-electron chi connectivity index (χ0n) is 13.3. The fourth-order valence-electron chi connectivity index (χ4n) is 2.78. The Morgan fingerprint density at radius 2 is 2.33 bits per heavy atom. The largest absolute Gasteiger partial charge is 0.481 e. The van der Waals surface area contributed by atoms with Crippen LogP contribution in [-0.4, -0.2) is 43.1 Å². The summed E-state index contributed by atoms with van der Waals surface area (Å²) in [6.45, 7) is 5.64. The van der Waals surface area contributed by atoms with E-state index in [1.165, 1.54) is 0 Å². The molecule has 0 saturated carbocycles. The van der Waals surface area contributed by atoms with Crippen molar-refractivity contribution in [1.29, 1.82) is 0 Å². The summed E-state index contributed by atoms with van der Waals surface area (Å²) in [5.41, 5.74) is 1.14. The number of carbonyl (C=O) groups excluding carboxylic acids is 1. The Morgan fingerprint density at radius 1 is 1.52 bits per heavy atom. The van der Waals surface area contributed by atoms with Crippen LogP contribution in [0.1, 0.15) is 31.7 Å². The number of likely N-dealkylation sites (tertiary alicyclic amines) is 1. The van der Waals surface area contributed by atoms with Crippen LogP contribution in [-0.2, 0) is 4.79 Å². The molecular weight excluding hydrogens is 264 g/mol. The maximum atomic E-state index is 12.7. The lowest BCUT2D eigenvalue weighted by Gasteiger charge is -2.34. The Labute approximate surface area is 127 Å². The Balaban J connectivity index is 2.01. The normalized spacial score (nSPS) is 20.1. The Bertz CT molecular complexity index is 476. The van der Waals surface area contributed by atoms with Crippen molar-refractivity contribution in [3.05, 3.63) is 29.8 Å². The monoisotopic (exact) mass is 290 g/mol. The SMILES string of the molecule is CCC(Oc1cccc(C)c1)C(=O)N1CCCC(NC)C1. The number of benzene rings is 1. The molecule has 1 fully saturated rings. The van der Waals surface area contributed by atoms with Crippen LogP contribution < -0.4 is 10.1 Å². The van der Waals surface area contributed by atoms with Crippen molar-refractivity contribution in [3.8, 4) is 5.75 Å². The van der Waals surface area contributed by atoms with Crippen molar-refractivity contribution in [1.82, 2.24) is 10.2 Å². The van der Waals surface area contributed by atoms with E-state index < -0.39 is 0 Å². The van der Waals surface area contributed by atoms with E-state index >= 15 is 0 Å². The molecular formula is C17H26N2O2. The van der Waals surface area contributed by atoms with Crippen LogP contribution in [0.2, 0.25) is 0 Å². The number of amides is 1. The minimum atomic E-state index is -0.387. The predicted octanol–water partition coefficient (Wildman–Crippen LogP) is 2.36. The molecule has 0 bridgehead atoms. The van der Waals surface area contributed by atoms with E-state index in [1.54, 1.807) is 0 Å². The second kappa shape index (κ2) is 7.46. The van der Waals surface area contributed by atoms with E-state index in [9.17, 15) is 4.79 Å². The summed E-state index contributed by atoms with van der Waals surface area (Å²) in [5.74, 6) is 0.885. The van der Waals surface area contributed by atoms with Gasteiger partial charge in [-0.25, -0.2) is 0 Å². The zero-order chi connectivity index (χ0) is 15.2. The number of rotatable bonds is 5. The first kappa shape index (κ1) is 15.8. The number of aryl methyl sites for hydroxylation is 1. The van der Waals surface area contributed by atoms with Gasteiger partial charge in [-0.2, -0.15) is 0 Å². The highest BCUT2D eigenvalue weighted by atomic mass is 16.5. The summed E-state index contributed by atoms with van der Waals surface area (Å²) in [7, 11) is 1.96. The lowest BCUT2D eigenvalue weighted by atomic mass is 10.0. The van der Waals surface area contributed by atoms with Gasteiger partial charge in [0.15, 0.2) is 6.10 Å². The van der Waals surface area contributed by atoms with E-state index in [0.717, 1.165) is 37.2 Å². The number of ether oxygens (including phenoxy) is 1. The van der Waals surface area contributed by atoms with Gasteiger partial charge in [-0.1, -0.05) is 19.1 Å². The van der Waals surface area contributed by atoms with Crippen LogP contribution in [0.15, 0.2) is 24.3 Å². The lowest BCUT2D eigenvalue weighted by molar-refractivity contribution is -0.140. The lowest BCUT2D eigenvalue weighted by Crippen LogP contribution is -2.51. The number of likely N-dealkylation sites (N-methyl/N-ethyl adjacent to an activating group) is 1. The molecule has 2 rings (SSSR count). The maximum Gasteiger partial charge on any atom is 0.263 e. The van der Waals surface area contributed by atoms with Gasteiger partial charge in [-0.05, 0) is 50.9 Å². The topological polar surface area (TPSA) is 41.6 Å². The summed E-state index contributed by atoms with van der Waals surface area (Å²) in [4.78, 5) is 14.6. The van der Waals surface area contributed by atoms with Gasteiger partial charge < -0.3 is 15.0 Å². The fraction of sp³-hybridized carbons (Fsp3) is 0.588. The molecule has 1 aliphatic rings. The minimum absolute atomic E-state index is 0.110. The van der Waals surface area contributed by atoms with E-state index in [-0.39, 0.29) is 12.0 Å². The first-order chi connectivity index (χ1) is 10.1. The highest BCUT2D eigenvalue weighted by molar-refractivity contribution is 5.81. The van der Waals surface area contributed by atoms with Crippen molar-refractivity contribution in [3.63, 3.8) is 0 Å². The predicted molar refractivity (Wildman–Crippen MR) is 84.5 cm³/mol. The molecule has 4 heteroatoms. The fourth-order valence-corrected chi connectivity index (χ4v) is 2.78. The molecule has 1 heterocycles. The Morgan fingerprint density at radius 3 is 3.00 bits per heavy atom. The molecule has 1 aromatic carbocycles. The smallest absolute Gasteiger partial charge is 0.263 e. The van der Waals surface area contributed by atoms with E-state index in [2.05, 4.69) is 5.32 Å². The summed E-state index contributed by atoms with van der Waals surface area (Å²) in [6, 6.07) is 8.27. The molecule has 1 N–H and O–H groups in total. The van der Waals surface area contributed by atoms with Crippen LogP contribution in [0.4, 0.5) is 0 Å². The average molecular weight is 290 g/mol. The molecule has 1 amide bonds. The summed E-state index contributed by atoms with van der Waals surface area (Å²) in [6.07, 6.45) is 2.49. The molecule has 116 valence electrons. The van der Waals surface area contributed by atoms with Crippen molar-refractivity contribution in [2.24, 2.45) is 0 Å². The molecule has 2 unspecified atom stereocenters. The Hall–Kier alpha value is -1.55. The third-order valence-corrected chi connectivity index (χ3v) is 4.06. The van der Waals surface area contributed by atoms with Crippen molar-refractivity contribution in [2.75, 3.05) is 20.1 Å². The van der Waals surface area contributed by atoms with E-state index in [4.69, 9.17) is 4.74 Å². The van der Waals surface area contributed by atoms with Crippen molar-refractivity contribution < 1.29 is 9.53 Å². The molecule has 1 aliphatic heterocycles. The number of hydrogen-bond acceptors (Lipinski definition) is 3. The second-order valence-electron chi connectivity index (χ2n) is 5.74. The molecule has 2 atom stereocenters. The number of nitrogens with one attached hydrogen (secondary N) is 1. The van der Waals surface area contributed by atoms with Crippen LogP contribution >= 0.6 is 0 Å². The molecule has 0 aliphatic carbocycles. The molecule has 4 nitrogen and oxygen atoms in total. The maximum absolute atomic E-state index is 12.7. The number of piperidine rings is 1. The molecule has 21 heavy (non-hydrogen) atoms. The first-order valence-electron chi connectivity index (χ1n) is 7.83. The minimum Gasteiger partial charge on any atom is -0.481 e. The van der Waals surface area contributed by atoms with Gasteiger partial charge in [0, 0.05) is 19.1 Å². The third-order valence-electron chi connectivity index (χ3n) is 4.06. The molecule has 1 aromatic rings. The summed E-state index contributed by atoms with van der Waals surface area (Å²) < 4.78 is 5.92. The van der Waals surface area contributed by atoms with Gasteiger partial charge in [-0.3, -0.25) is 4.79 Å². The highest BCUT2D eigenvalue weighted by Crippen LogP contribution is 2.18. The van der Waals surface area contributed by atoms with Crippen LogP contribution in [0, 0.1) is 6.92 Å². The zero-order valence-corrected chi connectivity index (χ0v) is 13.3. The molecule has 0 spiro atoms.